The van der Waals surface area contributed by atoms with Crippen LogP contribution in [0.3, 0.4) is 0 Å². The van der Waals surface area contributed by atoms with E-state index in [1.807, 2.05) is 60.7 Å². The first-order valence-corrected chi connectivity index (χ1v) is 9.80. The van der Waals surface area contributed by atoms with Crippen LogP contribution in [0.4, 0.5) is 0 Å². The standard InChI is InChI=1S/C24H23NO4/c1-2-28-24(27)22-20(16-11-7-4-8-12-16)21-18(26)13-17(14-19(21)29-23(22)25)15-9-5-3-6-10-15/h3-12,17,20H,2,13-14,25H2,1H3/t17-,20+/m0/s1. The molecule has 148 valence electrons. The molecule has 0 unspecified atom stereocenters. The maximum atomic E-state index is 13.3. The Morgan fingerprint density at radius 1 is 1.03 bits per heavy atom. The fourth-order valence-corrected chi connectivity index (χ4v) is 4.16. The second-order valence-corrected chi connectivity index (χ2v) is 7.22. The van der Waals surface area contributed by atoms with E-state index in [9.17, 15) is 9.59 Å². The summed E-state index contributed by atoms with van der Waals surface area (Å²) in [6, 6.07) is 19.4. The van der Waals surface area contributed by atoms with Crippen molar-refractivity contribution in [2.45, 2.75) is 31.6 Å². The Bertz CT molecular complexity index is 992. The highest BCUT2D eigenvalue weighted by atomic mass is 16.5. The zero-order valence-corrected chi connectivity index (χ0v) is 16.3. The van der Waals surface area contributed by atoms with Crippen LogP contribution in [-0.2, 0) is 19.1 Å². The largest absolute Gasteiger partial charge is 0.462 e. The van der Waals surface area contributed by atoms with Crippen molar-refractivity contribution in [2.75, 3.05) is 6.61 Å². The molecular formula is C24H23NO4. The number of hydrogen-bond donors (Lipinski definition) is 1. The third kappa shape index (κ3) is 3.56. The molecule has 2 aromatic carbocycles. The van der Waals surface area contributed by atoms with Crippen molar-refractivity contribution in [3.63, 3.8) is 0 Å². The van der Waals surface area contributed by atoms with Crippen molar-refractivity contribution < 1.29 is 19.1 Å². The molecule has 0 bridgehead atoms. The van der Waals surface area contributed by atoms with E-state index in [0.717, 1.165) is 11.1 Å². The third-order valence-electron chi connectivity index (χ3n) is 5.44. The van der Waals surface area contributed by atoms with Crippen LogP contribution < -0.4 is 5.73 Å². The molecule has 5 nitrogen and oxygen atoms in total. The normalized spacial score (nSPS) is 21.5. The molecule has 2 aromatic rings. The highest BCUT2D eigenvalue weighted by Crippen LogP contribution is 2.47. The van der Waals surface area contributed by atoms with Crippen molar-refractivity contribution in [2.24, 2.45) is 5.73 Å². The third-order valence-corrected chi connectivity index (χ3v) is 5.44. The lowest BCUT2D eigenvalue weighted by Gasteiger charge is -2.35. The minimum absolute atomic E-state index is 0.0116. The van der Waals surface area contributed by atoms with Gasteiger partial charge in [-0.3, -0.25) is 4.79 Å². The molecule has 1 aliphatic carbocycles. The van der Waals surface area contributed by atoms with E-state index in [-0.39, 0.29) is 29.8 Å². The quantitative estimate of drug-likeness (QED) is 0.802. The molecule has 4 rings (SSSR count). The van der Waals surface area contributed by atoms with Gasteiger partial charge in [-0.15, -0.1) is 0 Å². The van der Waals surface area contributed by atoms with Gasteiger partial charge in [-0.05, 0) is 24.0 Å². The maximum Gasteiger partial charge on any atom is 0.340 e. The van der Waals surface area contributed by atoms with Gasteiger partial charge in [0.2, 0.25) is 5.88 Å². The molecule has 1 aliphatic heterocycles. The summed E-state index contributed by atoms with van der Waals surface area (Å²) in [5.74, 6) is -0.572. The molecule has 0 spiro atoms. The Hall–Kier alpha value is -3.34. The van der Waals surface area contributed by atoms with Gasteiger partial charge in [0, 0.05) is 18.4 Å². The van der Waals surface area contributed by atoms with E-state index >= 15 is 0 Å². The molecule has 0 saturated heterocycles. The first-order chi connectivity index (χ1) is 14.1. The van der Waals surface area contributed by atoms with Crippen LogP contribution in [0.15, 0.2) is 83.5 Å². The minimum atomic E-state index is -0.580. The number of ether oxygens (including phenoxy) is 2. The SMILES string of the molecule is CCOC(=O)C1=C(N)OC2=C(C(=O)C[C@H](c3ccccc3)C2)[C@H]1c1ccccc1. The van der Waals surface area contributed by atoms with Crippen molar-refractivity contribution in [1.29, 1.82) is 0 Å². The second-order valence-electron chi connectivity index (χ2n) is 7.22. The predicted molar refractivity (Wildman–Crippen MR) is 109 cm³/mol. The Balaban J connectivity index is 1.79. The first kappa shape index (κ1) is 19.0. The van der Waals surface area contributed by atoms with Crippen molar-refractivity contribution >= 4 is 11.8 Å². The molecule has 0 saturated carbocycles. The summed E-state index contributed by atoms with van der Waals surface area (Å²) in [4.78, 5) is 26.0. The monoisotopic (exact) mass is 389 g/mol. The molecule has 1 heterocycles. The van der Waals surface area contributed by atoms with E-state index in [0.29, 0.717) is 24.2 Å². The number of rotatable bonds is 4. The van der Waals surface area contributed by atoms with Gasteiger partial charge in [0.1, 0.15) is 11.3 Å². The van der Waals surface area contributed by atoms with E-state index in [2.05, 4.69) is 0 Å². The lowest BCUT2D eigenvalue weighted by atomic mass is 9.73. The maximum absolute atomic E-state index is 13.3. The van der Waals surface area contributed by atoms with E-state index < -0.39 is 11.9 Å². The average molecular weight is 389 g/mol. The van der Waals surface area contributed by atoms with Gasteiger partial charge in [-0.2, -0.15) is 0 Å². The summed E-state index contributed by atoms with van der Waals surface area (Å²) in [5.41, 5.74) is 8.81. The number of carbonyl (C=O) groups is 2. The molecule has 2 N–H and O–H groups in total. The van der Waals surface area contributed by atoms with Gasteiger partial charge >= 0.3 is 5.97 Å². The number of allylic oxidation sites excluding steroid dienone is 2. The van der Waals surface area contributed by atoms with Crippen molar-refractivity contribution in [3.8, 4) is 0 Å². The number of esters is 1. The molecule has 29 heavy (non-hydrogen) atoms. The molecule has 0 amide bonds. The van der Waals surface area contributed by atoms with Gasteiger partial charge in [-0.1, -0.05) is 60.7 Å². The Kier molecular flexibility index (Phi) is 5.21. The number of hydrogen-bond acceptors (Lipinski definition) is 5. The van der Waals surface area contributed by atoms with E-state index in [1.54, 1.807) is 6.92 Å². The lowest BCUT2D eigenvalue weighted by molar-refractivity contribution is -0.139. The predicted octanol–water partition coefficient (Wildman–Crippen LogP) is 3.93. The fraction of sp³-hybridized carbons (Fsp3) is 0.250. The number of benzene rings is 2. The summed E-state index contributed by atoms with van der Waals surface area (Å²) in [6.07, 6.45) is 0.927. The van der Waals surface area contributed by atoms with Gasteiger partial charge in [0.05, 0.1) is 12.5 Å². The Labute approximate surface area is 169 Å². The van der Waals surface area contributed by atoms with E-state index in [4.69, 9.17) is 15.2 Å². The highest BCUT2D eigenvalue weighted by molar-refractivity contribution is 6.03. The summed E-state index contributed by atoms with van der Waals surface area (Å²) < 4.78 is 11.1. The van der Waals surface area contributed by atoms with E-state index in [1.165, 1.54) is 0 Å². The topological polar surface area (TPSA) is 78.6 Å². The van der Waals surface area contributed by atoms with Gasteiger partial charge in [0.25, 0.3) is 0 Å². The van der Waals surface area contributed by atoms with Gasteiger partial charge in [-0.25, -0.2) is 4.79 Å². The number of ketones is 1. The molecule has 0 aromatic heterocycles. The van der Waals surface area contributed by atoms with Crippen LogP contribution in [0.5, 0.6) is 0 Å². The summed E-state index contributed by atoms with van der Waals surface area (Å²) >= 11 is 0. The summed E-state index contributed by atoms with van der Waals surface area (Å²) in [7, 11) is 0. The van der Waals surface area contributed by atoms with Crippen LogP contribution in [0, 0.1) is 0 Å². The molecule has 5 heteroatoms. The van der Waals surface area contributed by atoms with Crippen molar-refractivity contribution in [3.05, 3.63) is 94.6 Å². The summed E-state index contributed by atoms with van der Waals surface area (Å²) in [6.45, 7) is 1.95. The Morgan fingerprint density at radius 2 is 1.66 bits per heavy atom. The van der Waals surface area contributed by atoms with Crippen molar-refractivity contribution in [1.82, 2.24) is 0 Å². The van der Waals surface area contributed by atoms with Crippen LogP contribution in [0.25, 0.3) is 0 Å². The molecule has 2 atom stereocenters. The van der Waals surface area contributed by atoms with Gasteiger partial charge in [0.15, 0.2) is 5.78 Å². The molecule has 2 aliphatic rings. The minimum Gasteiger partial charge on any atom is -0.462 e. The first-order valence-electron chi connectivity index (χ1n) is 9.80. The number of carbonyl (C=O) groups excluding carboxylic acids is 2. The smallest absolute Gasteiger partial charge is 0.340 e. The second kappa shape index (κ2) is 7.95. The van der Waals surface area contributed by atoms with Crippen LogP contribution in [0.1, 0.15) is 42.7 Å². The van der Waals surface area contributed by atoms with Crippen LogP contribution in [0.2, 0.25) is 0 Å². The van der Waals surface area contributed by atoms with Crippen LogP contribution >= 0.6 is 0 Å². The van der Waals surface area contributed by atoms with Gasteiger partial charge < -0.3 is 15.2 Å². The molecule has 0 radical (unpaired) electrons. The average Bonchev–Trinajstić information content (AvgIpc) is 2.74. The summed E-state index contributed by atoms with van der Waals surface area (Å²) in [5, 5.41) is 0. The Morgan fingerprint density at radius 3 is 2.28 bits per heavy atom. The van der Waals surface area contributed by atoms with Crippen LogP contribution in [-0.4, -0.2) is 18.4 Å². The molecular weight excluding hydrogens is 366 g/mol. The zero-order chi connectivity index (χ0) is 20.4. The fourth-order valence-electron chi connectivity index (χ4n) is 4.16. The number of Topliss-reactive ketones (excluding diaryl/α,β-unsaturated/α-hetero) is 1. The number of nitrogens with two attached hydrogens (primary N) is 1. The zero-order valence-electron chi connectivity index (χ0n) is 16.3. The lowest BCUT2D eigenvalue weighted by Crippen LogP contribution is -2.33. The highest BCUT2D eigenvalue weighted by Gasteiger charge is 2.43. The molecule has 0 fully saturated rings.